The van der Waals surface area contributed by atoms with Crippen molar-refractivity contribution in [3.63, 3.8) is 0 Å². The molecule has 0 aliphatic heterocycles. The van der Waals surface area contributed by atoms with E-state index in [4.69, 9.17) is 0 Å². The van der Waals surface area contributed by atoms with Crippen LogP contribution in [0.25, 0.3) is 38.4 Å². The summed E-state index contributed by atoms with van der Waals surface area (Å²) in [6.07, 6.45) is 1.95. The zero-order valence-electron chi connectivity index (χ0n) is 12.1. The van der Waals surface area contributed by atoms with E-state index < -0.39 is 0 Å². The second kappa shape index (κ2) is 5.06. The Labute approximate surface area is 129 Å². The lowest BCUT2D eigenvalue weighted by Gasteiger charge is -2.08. The average Bonchev–Trinajstić information content (AvgIpc) is 2.57. The Morgan fingerprint density at radius 2 is 1.45 bits per heavy atom. The Bertz CT molecular complexity index is 1100. The standard InChI is InChI=1S/C22H14/c1-2-3-7-16-10-6-11-17-12-13-20-14-18-8-4-5-9-19(18)15-21(20)22(16)17/h4-15H,1H2. The van der Waals surface area contributed by atoms with Crippen molar-refractivity contribution in [2.45, 2.75) is 0 Å². The van der Waals surface area contributed by atoms with Crippen LogP contribution in [0, 0.1) is 0 Å². The van der Waals surface area contributed by atoms with Gasteiger partial charge in [0.2, 0.25) is 0 Å². The fourth-order valence-corrected chi connectivity index (χ4v) is 3.08. The first-order chi connectivity index (χ1) is 10.9. The molecule has 0 unspecified atom stereocenters. The molecule has 0 heterocycles. The van der Waals surface area contributed by atoms with E-state index in [-0.39, 0.29) is 0 Å². The molecule has 4 aromatic carbocycles. The topological polar surface area (TPSA) is 0 Å². The number of benzene rings is 4. The van der Waals surface area contributed by atoms with E-state index >= 15 is 0 Å². The first-order valence-electron chi connectivity index (χ1n) is 7.32. The highest BCUT2D eigenvalue weighted by Crippen LogP contribution is 2.32. The highest BCUT2D eigenvalue weighted by molar-refractivity contribution is 6.14. The van der Waals surface area contributed by atoms with Crippen molar-refractivity contribution in [1.82, 2.24) is 0 Å². The zero-order chi connectivity index (χ0) is 14.9. The second-order valence-corrected chi connectivity index (χ2v) is 5.40. The van der Waals surface area contributed by atoms with E-state index in [0.717, 1.165) is 5.56 Å². The maximum atomic E-state index is 3.59. The summed E-state index contributed by atoms with van der Waals surface area (Å²) in [6.45, 7) is 3.59. The summed E-state index contributed by atoms with van der Waals surface area (Å²) in [5, 5.41) is 7.56. The molecular weight excluding hydrogens is 264 g/mol. The first kappa shape index (κ1) is 12.7. The number of hydrogen-bond donors (Lipinski definition) is 0. The number of hydrogen-bond acceptors (Lipinski definition) is 0. The summed E-state index contributed by atoms with van der Waals surface area (Å²) in [5.74, 6) is 0. The largest absolute Gasteiger partial charge is 0.0781 e. The molecule has 22 heavy (non-hydrogen) atoms. The van der Waals surface area contributed by atoms with Gasteiger partial charge < -0.3 is 0 Å². The molecule has 0 aromatic heterocycles. The van der Waals surface area contributed by atoms with Crippen molar-refractivity contribution >= 4 is 38.4 Å². The lowest BCUT2D eigenvalue weighted by molar-refractivity contribution is 1.74. The van der Waals surface area contributed by atoms with Crippen LogP contribution < -0.4 is 0 Å². The number of fused-ring (bicyclic) bond motifs is 4. The Morgan fingerprint density at radius 3 is 2.27 bits per heavy atom. The van der Waals surface area contributed by atoms with Crippen molar-refractivity contribution in [2.75, 3.05) is 0 Å². The maximum Gasteiger partial charge on any atom is -0.00262 e. The van der Waals surface area contributed by atoms with E-state index in [9.17, 15) is 0 Å². The molecule has 0 aliphatic carbocycles. The fourth-order valence-electron chi connectivity index (χ4n) is 3.08. The minimum Gasteiger partial charge on any atom is -0.0781 e. The van der Waals surface area contributed by atoms with Gasteiger partial charge in [-0.05, 0) is 62.7 Å². The van der Waals surface area contributed by atoms with E-state index in [2.05, 4.69) is 84.8 Å². The molecule has 0 amide bonds. The molecular formula is C22H14. The van der Waals surface area contributed by atoms with Crippen LogP contribution in [-0.2, 0) is 0 Å². The van der Waals surface area contributed by atoms with Crippen LogP contribution >= 0.6 is 0 Å². The Hall–Kier alpha value is -3.04. The Morgan fingerprint density at radius 1 is 0.727 bits per heavy atom. The van der Waals surface area contributed by atoms with E-state index in [1.165, 1.54) is 32.3 Å². The van der Waals surface area contributed by atoms with Gasteiger partial charge in [-0.2, -0.15) is 0 Å². The third-order valence-corrected chi connectivity index (χ3v) is 4.09. The van der Waals surface area contributed by atoms with Crippen LogP contribution in [-0.4, -0.2) is 0 Å². The van der Waals surface area contributed by atoms with E-state index in [1.54, 1.807) is 0 Å². The predicted molar refractivity (Wildman–Crippen MR) is 96.1 cm³/mol. The molecule has 0 aliphatic rings. The molecule has 0 bridgehead atoms. The van der Waals surface area contributed by atoms with Crippen LogP contribution in [0.5, 0.6) is 0 Å². The molecule has 4 rings (SSSR count). The molecule has 102 valence electrons. The van der Waals surface area contributed by atoms with Crippen LogP contribution in [0.15, 0.2) is 84.8 Å². The minimum absolute atomic E-state index is 1.15. The van der Waals surface area contributed by atoms with Crippen molar-refractivity contribution in [2.24, 2.45) is 0 Å². The highest BCUT2D eigenvalue weighted by Gasteiger charge is 2.05. The van der Waals surface area contributed by atoms with Gasteiger partial charge in [0, 0.05) is 0 Å². The van der Waals surface area contributed by atoms with Gasteiger partial charge >= 0.3 is 0 Å². The molecule has 0 heteroatoms. The molecule has 4 aromatic rings. The molecule has 0 radical (unpaired) electrons. The summed E-state index contributed by atoms with van der Waals surface area (Å²) < 4.78 is 0. The van der Waals surface area contributed by atoms with Crippen molar-refractivity contribution < 1.29 is 0 Å². The van der Waals surface area contributed by atoms with Crippen LogP contribution in [0.3, 0.4) is 0 Å². The van der Waals surface area contributed by atoms with E-state index in [0.29, 0.717) is 0 Å². The quantitative estimate of drug-likeness (QED) is 0.224. The Balaban J connectivity index is 2.23. The molecule has 0 N–H and O–H groups in total. The van der Waals surface area contributed by atoms with Crippen LogP contribution in [0.2, 0.25) is 0 Å². The summed E-state index contributed by atoms with van der Waals surface area (Å²) in [4.78, 5) is 0. The van der Waals surface area contributed by atoms with Crippen molar-refractivity contribution in [3.05, 3.63) is 90.3 Å². The van der Waals surface area contributed by atoms with Gasteiger partial charge in [0.25, 0.3) is 0 Å². The predicted octanol–water partition coefficient (Wildman–Crippen LogP) is 6.10. The molecule has 0 nitrogen and oxygen atoms in total. The van der Waals surface area contributed by atoms with Gasteiger partial charge in [0.05, 0.1) is 0 Å². The lowest BCUT2D eigenvalue weighted by Crippen LogP contribution is -1.83. The molecule has 0 saturated carbocycles. The lowest BCUT2D eigenvalue weighted by atomic mass is 9.95. The van der Waals surface area contributed by atoms with Gasteiger partial charge in [-0.25, -0.2) is 0 Å². The monoisotopic (exact) mass is 278 g/mol. The van der Waals surface area contributed by atoms with Gasteiger partial charge in [-0.15, -0.1) is 0 Å². The van der Waals surface area contributed by atoms with Crippen LogP contribution in [0.1, 0.15) is 5.56 Å². The number of rotatable bonds is 1. The minimum atomic E-state index is 1.15. The molecule has 0 fully saturated rings. The SMILES string of the molecule is C=C=C=Cc1cccc2ccc3cc4ccccc4cc3c12. The summed E-state index contributed by atoms with van der Waals surface area (Å²) >= 11 is 0. The summed E-state index contributed by atoms with van der Waals surface area (Å²) in [7, 11) is 0. The van der Waals surface area contributed by atoms with Crippen molar-refractivity contribution in [1.29, 1.82) is 0 Å². The highest BCUT2D eigenvalue weighted by atomic mass is 14.1. The average molecular weight is 278 g/mol. The van der Waals surface area contributed by atoms with Gasteiger partial charge in [0.15, 0.2) is 0 Å². The van der Waals surface area contributed by atoms with Gasteiger partial charge in [0.1, 0.15) is 0 Å². The third kappa shape index (κ3) is 1.96. The summed E-state index contributed by atoms with van der Waals surface area (Å²) in [6, 6.07) is 23.7. The third-order valence-electron chi connectivity index (χ3n) is 4.09. The molecule has 0 atom stereocenters. The van der Waals surface area contributed by atoms with E-state index in [1.807, 2.05) is 6.08 Å². The fraction of sp³-hybridized carbons (Fsp3) is 0. The first-order valence-corrected chi connectivity index (χ1v) is 7.32. The van der Waals surface area contributed by atoms with Crippen LogP contribution in [0.4, 0.5) is 0 Å². The zero-order valence-corrected chi connectivity index (χ0v) is 12.1. The van der Waals surface area contributed by atoms with Gasteiger partial charge in [-0.3, -0.25) is 0 Å². The Kier molecular flexibility index (Phi) is 2.92. The van der Waals surface area contributed by atoms with Gasteiger partial charge in [-0.1, -0.05) is 66.1 Å². The summed E-state index contributed by atoms with van der Waals surface area (Å²) in [5.41, 5.74) is 6.82. The smallest absolute Gasteiger partial charge is 0.00262 e. The second-order valence-electron chi connectivity index (χ2n) is 5.40. The molecule has 0 saturated heterocycles. The molecule has 0 spiro atoms. The maximum absolute atomic E-state index is 3.59. The van der Waals surface area contributed by atoms with Crippen molar-refractivity contribution in [3.8, 4) is 0 Å². The normalized spacial score (nSPS) is 10.5.